The summed E-state index contributed by atoms with van der Waals surface area (Å²) in [6.45, 7) is 6.40. The Morgan fingerprint density at radius 1 is 0.667 bits per heavy atom. The van der Waals surface area contributed by atoms with Gasteiger partial charge in [0.1, 0.15) is 36.6 Å². The monoisotopic (exact) mass is 781 g/mol. The topological polar surface area (TPSA) is 278 Å². The molecule has 0 aromatic rings. The average Bonchev–Trinajstić information content (AvgIpc) is 3.17. The van der Waals surface area contributed by atoms with Gasteiger partial charge in [0.25, 0.3) is 0 Å². The first kappa shape index (κ1) is 48.2. The molecule has 16 heteroatoms. The van der Waals surface area contributed by atoms with Gasteiger partial charge >= 0.3 is 5.97 Å². The van der Waals surface area contributed by atoms with Crippen molar-refractivity contribution in [2.75, 3.05) is 6.61 Å². The number of esters is 1. The van der Waals surface area contributed by atoms with Gasteiger partial charge in [0.05, 0.1) is 6.61 Å². The minimum Gasteiger partial charge on any atom is -0.453 e. The lowest BCUT2D eigenvalue weighted by Gasteiger charge is -2.55. The van der Waals surface area contributed by atoms with Crippen molar-refractivity contribution in [1.29, 1.82) is 0 Å². The Bertz CT molecular complexity index is 1160. The van der Waals surface area contributed by atoms with Crippen LogP contribution in [0.5, 0.6) is 0 Å². The maximum atomic E-state index is 14.4. The Labute approximate surface area is 320 Å². The van der Waals surface area contributed by atoms with Crippen molar-refractivity contribution >= 4 is 23.3 Å². The van der Waals surface area contributed by atoms with Crippen molar-refractivity contribution in [2.45, 2.75) is 210 Å². The zero-order valence-electron chi connectivity index (χ0n) is 33.4. The number of aliphatic hydroxyl groups excluding tert-OH is 7. The fourth-order valence-electron chi connectivity index (χ4n) is 6.44. The third-order valence-corrected chi connectivity index (χ3v) is 9.90. The molecule has 1 rings (SSSR count). The summed E-state index contributed by atoms with van der Waals surface area (Å²) >= 11 is 0. The first-order chi connectivity index (χ1) is 25.9. The fraction of sp³-hybridized carbons (Fsp3) is 0.895. The van der Waals surface area contributed by atoms with Crippen LogP contribution in [0.25, 0.3) is 0 Å². The predicted molar refractivity (Wildman–Crippen MR) is 193 cm³/mol. The summed E-state index contributed by atoms with van der Waals surface area (Å²) in [5.41, 5.74) is -7.05. The van der Waals surface area contributed by atoms with Crippen molar-refractivity contribution in [3.8, 4) is 0 Å². The number of ketones is 3. The Balaban J connectivity index is 4.05. The third kappa shape index (κ3) is 13.3. The lowest BCUT2D eigenvalue weighted by Crippen LogP contribution is -2.82. The number of hydrogen-bond acceptors (Lipinski definition) is 16. The summed E-state index contributed by atoms with van der Waals surface area (Å²) < 4.78 is 25.2. The van der Waals surface area contributed by atoms with Crippen LogP contribution in [0, 0.1) is 0 Å². The molecule has 1 aliphatic heterocycles. The van der Waals surface area contributed by atoms with E-state index in [4.69, 9.17) is 15.6 Å². The predicted octanol–water partition coefficient (Wildman–Crippen LogP) is 1.03. The summed E-state index contributed by atoms with van der Waals surface area (Å²) in [6.07, 6.45) is -18.3. The van der Waals surface area contributed by atoms with Crippen LogP contribution in [-0.4, -0.2) is 142 Å². The van der Waals surface area contributed by atoms with Gasteiger partial charge in [-0.15, -0.1) is 0 Å². The molecule has 0 aromatic carbocycles. The SMILES string of the molecule is [2H]C(CCCCCC)C(=O)O[C@@H]1C(OC(O)[C@@H](O)[C@H](O)[C@@H](O)[C@@H](O)CO)O[C@H](C(O)C(=O)CCCCC)[C@](O)(C(=O)CCCCC)[C@@]1(O)C(=O)CCCCC. The van der Waals surface area contributed by atoms with Crippen LogP contribution < -0.4 is 0 Å². The molecule has 0 amide bonds. The lowest BCUT2D eigenvalue weighted by atomic mass is 9.64. The van der Waals surface area contributed by atoms with Gasteiger partial charge in [-0.3, -0.25) is 19.2 Å². The van der Waals surface area contributed by atoms with Gasteiger partial charge in [0.15, 0.2) is 35.3 Å². The van der Waals surface area contributed by atoms with E-state index in [1.165, 1.54) is 0 Å². The van der Waals surface area contributed by atoms with Crippen LogP contribution >= 0.6 is 0 Å². The van der Waals surface area contributed by atoms with E-state index in [1.807, 2.05) is 27.7 Å². The second-order valence-electron chi connectivity index (χ2n) is 14.2. The number of hydrogen-bond donors (Lipinski definition) is 9. The van der Waals surface area contributed by atoms with Gasteiger partial charge < -0.3 is 60.2 Å². The van der Waals surface area contributed by atoms with E-state index >= 15 is 0 Å². The number of rotatable bonds is 30. The molecule has 4 unspecified atom stereocenters. The molecule has 0 bridgehead atoms. The minimum absolute atomic E-state index is 0.0345. The summed E-state index contributed by atoms with van der Waals surface area (Å²) in [4.78, 5) is 55.5. The standard InChI is InChI=1S/C38H68O16/c1-5-9-13-14-18-22-28(44)52-34-36(54-35(49)32(48)31(47)29(45)25(41)23-39)53-33(30(46)24(40)19-15-10-6-2)37(50,26(42)20-16-11-7-3)38(34,51)27(43)21-17-12-8-4/h25,29-36,39,41,45-51H,5-23H2,1-4H3/t25-,29-,30?,31+,32-,33+,34+,35?,36?,37+,38+/m0/s1/i22D/t22?,25-,29-,30?,31+,32-,33+,34+,35?,36?,37+,38+. The number of ether oxygens (including phenoxy) is 3. The Kier molecular flexibility index (Phi) is 22.6. The van der Waals surface area contributed by atoms with Gasteiger partial charge in [-0.05, 0) is 25.7 Å². The third-order valence-electron chi connectivity index (χ3n) is 9.90. The largest absolute Gasteiger partial charge is 0.453 e. The maximum absolute atomic E-state index is 14.4. The summed E-state index contributed by atoms with van der Waals surface area (Å²) in [5.74, 6) is -4.83. The van der Waals surface area contributed by atoms with E-state index in [9.17, 15) is 65.1 Å². The highest BCUT2D eigenvalue weighted by molar-refractivity contribution is 6.01. The first-order valence-corrected chi connectivity index (χ1v) is 19.6. The molecule has 12 atom stereocenters. The minimum atomic E-state index is -3.56. The molecule has 1 saturated heterocycles. The highest BCUT2D eigenvalue weighted by Crippen LogP contribution is 2.45. The van der Waals surface area contributed by atoms with Gasteiger partial charge in [-0.25, -0.2) is 0 Å². The molecular weight excluding hydrogens is 712 g/mol. The number of unbranched alkanes of at least 4 members (excludes halogenated alkanes) is 9. The maximum Gasteiger partial charge on any atom is 0.306 e. The summed E-state index contributed by atoms with van der Waals surface area (Å²) in [7, 11) is 0. The fourth-order valence-corrected chi connectivity index (χ4v) is 6.44. The van der Waals surface area contributed by atoms with Crippen molar-refractivity contribution in [1.82, 2.24) is 0 Å². The first-order valence-electron chi connectivity index (χ1n) is 20.2. The van der Waals surface area contributed by atoms with Crippen LogP contribution in [-0.2, 0) is 33.4 Å². The van der Waals surface area contributed by atoms with E-state index in [0.717, 1.165) is 12.8 Å². The van der Waals surface area contributed by atoms with Crippen LogP contribution in [0.4, 0.5) is 0 Å². The van der Waals surface area contributed by atoms with Crippen LogP contribution in [0.3, 0.4) is 0 Å². The number of carbonyl (C=O) groups excluding carboxylic acids is 4. The average molecular weight is 782 g/mol. The smallest absolute Gasteiger partial charge is 0.306 e. The second-order valence-corrected chi connectivity index (χ2v) is 14.2. The van der Waals surface area contributed by atoms with Crippen LogP contribution in [0.1, 0.15) is 145 Å². The lowest BCUT2D eigenvalue weighted by molar-refractivity contribution is -0.378. The zero-order valence-corrected chi connectivity index (χ0v) is 32.4. The van der Waals surface area contributed by atoms with Gasteiger partial charge in [-0.1, -0.05) is 91.9 Å². The summed E-state index contributed by atoms with van der Waals surface area (Å²) in [5, 5.41) is 98.0. The molecule has 316 valence electrons. The van der Waals surface area contributed by atoms with E-state index in [0.29, 0.717) is 51.4 Å². The molecule has 0 radical (unpaired) electrons. The molecular formula is C38H68O16. The normalized spacial score (nSPS) is 27.2. The highest BCUT2D eigenvalue weighted by Gasteiger charge is 2.74. The van der Waals surface area contributed by atoms with E-state index in [1.54, 1.807) is 0 Å². The molecule has 0 aromatic heterocycles. The molecule has 1 aliphatic rings. The highest BCUT2D eigenvalue weighted by atomic mass is 16.8. The molecule has 0 spiro atoms. The molecule has 0 saturated carbocycles. The number of carbonyl (C=O) groups is 4. The quantitative estimate of drug-likeness (QED) is 0.0280. The molecule has 54 heavy (non-hydrogen) atoms. The van der Waals surface area contributed by atoms with Crippen molar-refractivity contribution in [3.63, 3.8) is 0 Å². The van der Waals surface area contributed by atoms with Crippen molar-refractivity contribution < 1.29 is 80.7 Å². The zero-order chi connectivity index (χ0) is 41.9. The molecule has 16 nitrogen and oxygen atoms in total. The van der Waals surface area contributed by atoms with Gasteiger partial charge in [0, 0.05) is 27.0 Å². The Morgan fingerprint density at radius 2 is 1.15 bits per heavy atom. The second kappa shape index (κ2) is 25.3. The van der Waals surface area contributed by atoms with Gasteiger partial charge in [-0.2, -0.15) is 0 Å². The van der Waals surface area contributed by atoms with Crippen molar-refractivity contribution in [2.24, 2.45) is 0 Å². The summed E-state index contributed by atoms with van der Waals surface area (Å²) in [6, 6.07) is 0. The molecule has 0 aliphatic carbocycles. The Hall–Kier alpha value is -1.96. The van der Waals surface area contributed by atoms with Crippen LogP contribution in [0.2, 0.25) is 0 Å². The van der Waals surface area contributed by atoms with E-state index in [-0.39, 0.29) is 32.1 Å². The molecule has 1 fully saturated rings. The number of Topliss-reactive ketones (excluding diaryl/α,β-unsaturated/α-hetero) is 3. The molecule has 1 heterocycles. The van der Waals surface area contributed by atoms with Gasteiger partial charge in [0.2, 0.25) is 11.9 Å². The van der Waals surface area contributed by atoms with E-state index in [2.05, 4.69) is 0 Å². The molecule has 9 N–H and O–H groups in total. The number of aliphatic hydroxyl groups is 9. The Morgan fingerprint density at radius 3 is 1.67 bits per heavy atom. The van der Waals surface area contributed by atoms with E-state index < -0.39 is 116 Å². The van der Waals surface area contributed by atoms with Crippen molar-refractivity contribution in [3.05, 3.63) is 0 Å². The van der Waals surface area contributed by atoms with Crippen LogP contribution in [0.15, 0.2) is 0 Å².